The van der Waals surface area contributed by atoms with Crippen molar-refractivity contribution in [1.29, 1.82) is 0 Å². The molecule has 16 heavy (non-hydrogen) atoms. The lowest BCUT2D eigenvalue weighted by molar-refractivity contribution is 0.0989. The maximum Gasteiger partial charge on any atom is -0.0357 e. The molecule has 2 rings (SSSR count). The molecule has 0 aromatic rings. The number of hydrogen-bond donors (Lipinski definition) is 0. The van der Waals surface area contributed by atoms with Crippen molar-refractivity contribution < 1.29 is 0 Å². The Bertz CT molecular complexity index is 190. The van der Waals surface area contributed by atoms with E-state index in [4.69, 9.17) is 0 Å². The molecule has 0 nitrogen and oxygen atoms in total. The Balaban J connectivity index is 1.96. The molecule has 2 fully saturated rings. The van der Waals surface area contributed by atoms with Crippen LogP contribution >= 0.6 is 0 Å². The molecule has 3 atom stereocenters. The van der Waals surface area contributed by atoms with Crippen LogP contribution in [0.4, 0.5) is 0 Å². The summed E-state index contributed by atoms with van der Waals surface area (Å²) in [6, 6.07) is 0. The molecule has 0 bridgehead atoms. The van der Waals surface area contributed by atoms with Crippen LogP contribution in [0.5, 0.6) is 0 Å². The highest BCUT2D eigenvalue weighted by Crippen LogP contribution is 2.43. The highest BCUT2D eigenvalue weighted by atomic mass is 14.4. The first-order chi connectivity index (χ1) is 7.83. The van der Waals surface area contributed by atoms with Gasteiger partial charge in [0.1, 0.15) is 0 Å². The summed E-state index contributed by atoms with van der Waals surface area (Å²) >= 11 is 0. The van der Waals surface area contributed by atoms with E-state index < -0.39 is 0 Å². The predicted octanol–water partition coefficient (Wildman–Crippen LogP) is 5.42. The van der Waals surface area contributed by atoms with Gasteiger partial charge < -0.3 is 0 Å². The zero-order valence-electron chi connectivity index (χ0n) is 11.4. The molecule has 2 aliphatic carbocycles. The molecule has 0 heteroatoms. The molecule has 0 spiro atoms. The van der Waals surface area contributed by atoms with E-state index in [1.807, 2.05) is 0 Å². The molecule has 0 aromatic carbocycles. The van der Waals surface area contributed by atoms with Gasteiger partial charge in [-0.1, -0.05) is 71.6 Å². The lowest BCUT2D eigenvalue weighted by Crippen LogP contribution is -2.31. The van der Waals surface area contributed by atoms with Gasteiger partial charge in [0.25, 0.3) is 0 Å². The number of rotatable bonds is 3. The molecule has 2 aliphatic rings. The van der Waals surface area contributed by atoms with Crippen molar-refractivity contribution >= 4 is 0 Å². The maximum atomic E-state index is 2.52. The quantitative estimate of drug-likeness (QED) is 0.598. The van der Waals surface area contributed by atoms with E-state index in [1.54, 1.807) is 12.8 Å². The monoisotopic (exact) mass is 222 g/mol. The van der Waals surface area contributed by atoms with Gasteiger partial charge in [0.2, 0.25) is 0 Å². The summed E-state index contributed by atoms with van der Waals surface area (Å²) in [6.45, 7) is 4.97. The average molecular weight is 222 g/mol. The molecule has 0 aliphatic heterocycles. The first-order valence-corrected chi connectivity index (χ1v) is 7.83. The van der Waals surface area contributed by atoms with Crippen LogP contribution in [0.15, 0.2) is 0 Å². The third-order valence-electron chi connectivity index (χ3n) is 5.45. The van der Waals surface area contributed by atoms with Crippen LogP contribution < -0.4 is 0 Å². The molecule has 3 unspecified atom stereocenters. The van der Waals surface area contributed by atoms with E-state index in [0.717, 1.165) is 23.7 Å². The lowest BCUT2D eigenvalue weighted by Gasteiger charge is -2.40. The van der Waals surface area contributed by atoms with E-state index in [0.29, 0.717) is 0 Å². The van der Waals surface area contributed by atoms with Crippen molar-refractivity contribution in [2.75, 3.05) is 0 Å². The van der Waals surface area contributed by atoms with Gasteiger partial charge in [-0.15, -0.1) is 0 Å². The third-order valence-corrected chi connectivity index (χ3v) is 5.45. The highest BCUT2D eigenvalue weighted by molar-refractivity contribution is 4.83. The SMILES string of the molecule is CCC(C1CCCCC1)C1CCCCC1C. The minimum Gasteiger partial charge on any atom is -0.0651 e. The summed E-state index contributed by atoms with van der Waals surface area (Å²) < 4.78 is 0. The van der Waals surface area contributed by atoms with Crippen LogP contribution in [0.1, 0.15) is 78.1 Å². The molecular weight excluding hydrogens is 192 g/mol. The van der Waals surface area contributed by atoms with Crippen molar-refractivity contribution in [2.45, 2.75) is 78.1 Å². The summed E-state index contributed by atoms with van der Waals surface area (Å²) in [5.41, 5.74) is 0. The van der Waals surface area contributed by atoms with Crippen LogP contribution in [0, 0.1) is 23.7 Å². The predicted molar refractivity (Wildman–Crippen MR) is 71.5 cm³/mol. The second-order valence-electron chi connectivity index (χ2n) is 6.40. The third kappa shape index (κ3) is 2.81. The Kier molecular flexibility index (Phi) is 4.73. The first-order valence-electron chi connectivity index (χ1n) is 7.83. The zero-order chi connectivity index (χ0) is 11.4. The van der Waals surface area contributed by atoms with Gasteiger partial charge in [-0.3, -0.25) is 0 Å². The fourth-order valence-electron chi connectivity index (χ4n) is 4.53. The molecule has 94 valence electrons. The first kappa shape index (κ1) is 12.5. The molecule has 0 saturated heterocycles. The van der Waals surface area contributed by atoms with Crippen LogP contribution in [0.25, 0.3) is 0 Å². The van der Waals surface area contributed by atoms with Gasteiger partial charge in [-0.25, -0.2) is 0 Å². The van der Waals surface area contributed by atoms with E-state index in [1.165, 1.54) is 51.4 Å². The highest BCUT2D eigenvalue weighted by Gasteiger charge is 2.33. The van der Waals surface area contributed by atoms with Crippen LogP contribution in [0.3, 0.4) is 0 Å². The fraction of sp³-hybridized carbons (Fsp3) is 1.00. The van der Waals surface area contributed by atoms with Gasteiger partial charge in [0.05, 0.1) is 0 Å². The molecule has 0 heterocycles. The van der Waals surface area contributed by atoms with Crippen LogP contribution in [-0.2, 0) is 0 Å². The van der Waals surface area contributed by atoms with E-state index >= 15 is 0 Å². The van der Waals surface area contributed by atoms with Crippen molar-refractivity contribution in [2.24, 2.45) is 23.7 Å². The summed E-state index contributed by atoms with van der Waals surface area (Å²) in [6.07, 6.45) is 15.1. The largest absolute Gasteiger partial charge is 0.0651 e. The summed E-state index contributed by atoms with van der Waals surface area (Å²) in [5, 5.41) is 0. The fourth-order valence-corrected chi connectivity index (χ4v) is 4.53. The van der Waals surface area contributed by atoms with Crippen molar-refractivity contribution in [3.05, 3.63) is 0 Å². The Morgan fingerprint density at radius 2 is 1.50 bits per heavy atom. The van der Waals surface area contributed by atoms with Gasteiger partial charge in [-0.2, -0.15) is 0 Å². The van der Waals surface area contributed by atoms with Crippen LogP contribution in [-0.4, -0.2) is 0 Å². The van der Waals surface area contributed by atoms with Gasteiger partial charge in [0.15, 0.2) is 0 Å². The summed E-state index contributed by atoms with van der Waals surface area (Å²) in [4.78, 5) is 0. The number of hydrogen-bond acceptors (Lipinski definition) is 0. The topological polar surface area (TPSA) is 0 Å². The van der Waals surface area contributed by atoms with E-state index in [2.05, 4.69) is 13.8 Å². The normalized spacial score (nSPS) is 34.9. The van der Waals surface area contributed by atoms with Gasteiger partial charge in [0, 0.05) is 0 Å². The lowest BCUT2D eigenvalue weighted by atomic mass is 9.65. The average Bonchev–Trinajstić information content (AvgIpc) is 2.34. The second-order valence-corrected chi connectivity index (χ2v) is 6.40. The molecule has 0 amide bonds. The summed E-state index contributed by atoms with van der Waals surface area (Å²) in [7, 11) is 0. The standard InChI is InChI=1S/C16H30/c1-3-15(14-10-5-4-6-11-14)16-12-8-7-9-13(16)2/h13-16H,3-12H2,1-2H3. The zero-order valence-corrected chi connectivity index (χ0v) is 11.4. The second kappa shape index (κ2) is 6.07. The molecular formula is C16H30. The van der Waals surface area contributed by atoms with Crippen molar-refractivity contribution in [1.82, 2.24) is 0 Å². The Morgan fingerprint density at radius 1 is 0.875 bits per heavy atom. The Hall–Kier alpha value is 0. The molecule has 0 aromatic heterocycles. The van der Waals surface area contributed by atoms with E-state index in [9.17, 15) is 0 Å². The van der Waals surface area contributed by atoms with Crippen molar-refractivity contribution in [3.63, 3.8) is 0 Å². The van der Waals surface area contributed by atoms with E-state index in [-0.39, 0.29) is 0 Å². The smallest absolute Gasteiger partial charge is 0.0357 e. The molecule has 2 saturated carbocycles. The van der Waals surface area contributed by atoms with Gasteiger partial charge in [-0.05, 0) is 30.1 Å². The molecule has 0 radical (unpaired) electrons. The van der Waals surface area contributed by atoms with Crippen molar-refractivity contribution in [3.8, 4) is 0 Å². The summed E-state index contributed by atoms with van der Waals surface area (Å²) in [5.74, 6) is 4.24. The van der Waals surface area contributed by atoms with Gasteiger partial charge >= 0.3 is 0 Å². The molecule has 0 N–H and O–H groups in total. The minimum atomic E-state index is 1.01. The maximum absolute atomic E-state index is 2.52. The van der Waals surface area contributed by atoms with Crippen LogP contribution in [0.2, 0.25) is 0 Å². The Morgan fingerprint density at radius 3 is 2.12 bits per heavy atom. The minimum absolute atomic E-state index is 1.01. The Labute approximate surface area is 102 Å².